The minimum absolute atomic E-state index is 0.616. The fourth-order valence-electron chi connectivity index (χ4n) is 0.924. The number of hydrogen-bond acceptors (Lipinski definition) is 0. The van der Waals surface area contributed by atoms with Crippen molar-refractivity contribution in [3.63, 3.8) is 0 Å². The van der Waals surface area contributed by atoms with Crippen molar-refractivity contribution >= 4 is 22.6 Å². The van der Waals surface area contributed by atoms with Gasteiger partial charge in [-0.05, 0) is 12.0 Å². The highest BCUT2D eigenvalue weighted by Gasteiger charge is 2.06. The highest BCUT2D eigenvalue weighted by molar-refractivity contribution is 14.1. The Balaban J connectivity index is 2.61. The summed E-state index contributed by atoms with van der Waals surface area (Å²) in [5.74, 6) is 0. The molecule has 1 rings (SSSR count). The van der Waals surface area contributed by atoms with Crippen molar-refractivity contribution in [2.45, 2.75) is 12.6 Å². The standard InChI is InChI=1S/C9H10FI/c10-9(6-7-11)8-4-2-1-3-5-8/h1-5,9H,6-7H2. The van der Waals surface area contributed by atoms with E-state index in [4.69, 9.17) is 0 Å². The normalized spacial score (nSPS) is 12.9. The van der Waals surface area contributed by atoms with Gasteiger partial charge in [-0.2, -0.15) is 0 Å². The number of rotatable bonds is 3. The zero-order valence-corrected chi connectivity index (χ0v) is 8.29. The van der Waals surface area contributed by atoms with Crippen LogP contribution in [0.5, 0.6) is 0 Å². The average molecular weight is 264 g/mol. The van der Waals surface area contributed by atoms with Crippen LogP contribution in [0.4, 0.5) is 4.39 Å². The summed E-state index contributed by atoms with van der Waals surface area (Å²) in [5.41, 5.74) is 0.796. The van der Waals surface area contributed by atoms with Crippen LogP contribution >= 0.6 is 22.6 Å². The van der Waals surface area contributed by atoms with Crippen molar-refractivity contribution in [2.75, 3.05) is 4.43 Å². The fraction of sp³-hybridized carbons (Fsp3) is 0.333. The Kier molecular flexibility index (Phi) is 3.83. The maximum atomic E-state index is 13.1. The van der Waals surface area contributed by atoms with Crippen LogP contribution in [0.15, 0.2) is 30.3 Å². The topological polar surface area (TPSA) is 0 Å². The van der Waals surface area contributed by atoms with Gasteiger partial charge in [0.2, 0.25) is 0 Å². The Morgan fingerprint density at radius 1 is 1.27 bits per heavy atom. The molecule has 2 heteroatoms. The quantitative estimate of drug-likeness (QED) is 0.578. The van der Waals surface area contributed by atoms with E-state index in [-0.39, 0.29) is 0 Å². The molecule has 0 fully saturated rings. The fourth-order valence-corrected chi connectivity index (χ4v) is 1.47. The first-order valence-electron chi connectivity index (χ1n) is 3.59. The Hall–Kier alpha value is -0.120. The Bertz CT molecular complexity index is 198. The van der Waals surface area contributed by atoms with Gasteiger partial charge >= 0.3 is 0 Å². The first-order chi connectivity index (χ1) is 5.34. The molecule has 0 nitrogen and oxygen atoms in total. The predicted molar refractivity (Wildman–Crippen MR) is 53.8 cm³/mol. The van der Waals surface area contributed by atoms with Crippen LogP contribution in [0.25, 0.3) is 0 Å². The van der Waals surface area contributed by atoms with E-state index >= 15 is 0 Å². The van der Waals surface area contributed by atoms with Gasteiger partial charge in [-0.3, -0.25) is 0 Å². The van der Waals surface area contributed by atoms with Gasteiger partial charge in [-0.15, -0.1) is 0 Å². The summed E-state index contributed by atoms with van der Waals surface area (Å²) in [4.78, 5) is 0. The van der Waals surface area contributed by atoms with E-state index in [0.717, 1.165) is 9.99 Å². The first-order valence-corrected chi connectivity index (χ1v) is 5.12. The van der Waals surface area contributed by atoms with Gasteiger partial charge in [0.1, 0.15) is 6.17 Å². The molecule has 60 valence electrons. The molecule has 0 amide bonds. The second-order valence-electron chi connectivity index (χ2n) is 2.36. The van der Waals surface area contributed by atoms with Gasteiger partial charge < -0.3 is 0 Å². The van der Waals surface area contributed by atoms with Crippen molar-refractivity contribution in [1.82, 2.24) is 0 Å². The molecule has 1 atom stereocenters. The van der Waals surface area contributed by atoms with Crippen LogP contribution in [-0.2, 0) is 0 Å². The lowest BCUT2D eigenvalue weighted by Gasteiger charge is -2.04. The third-order valence-corrected chi connectivity index (χ3v) is 2.15. The SMILES string of the molecule is FC(CCI)c1ccccc1. The lowest BCUT2D eigenvalue weighted by atomic mass is 10.1. The van der Waals surface area contributed by atoms with Crippen LogP contribution in [-0.4, -0.2) is 4.43 Å². The molecule has 0 aliphatic heterocycles. The molecule has 11 heavy (non-hydrogen) atoms. The zero-order valence-electron chi connectivity index (χ0n) is 6.13. The van der Waals surface area contributed by atoms with E-state index in [1.165, 1.54) is 0 Å². The number of hydrogen-bond donors (Lipinski definition) is 0. The molecule has 0 radical (unpaired) electrons. The molecule has 0 saturated heterocycles. The average Bonchev–Trinajstić information content (AvgIpc) is 2.07. The minimum atomic E-state index is -0.784. The summed E-state index contributed by atoms with van der Waals surface area (Å²) < 4.78 is 14.0. The maximum absolute atomic E-state index is 13.1. The van der Waals surface area contributed by atoms with E-state index in [0.29, 0.717) is 6.42 Å². The lowest BCUT2D eigenvalue weighted by molar-refractivity contribution is 0.338. The van der Waals surface area contributed by atoms with Crippen molar-refractivity contribution in [1.29, 1.82) is 0 Å². The molecule has 1 aromatic rings. The highest BCUT2D eigenvalue weighted by atomic mass is 127. The third kappa shape index (κ3) is 2.77. The lowest BCUT2D eigenvalue weighted by Crippen LogP contribution is -1.90. The molecule has 0 saturated carbocycles. The molecular formula is C9H10FI. The van der Waals surface area contributed by atoms with Crippen molar-refractivity contribution in [3.05, 3.63) is 35.9 Å². The van der Waals surface area contributed by atoms with E-state index in [9.17, 15) is 4.39 Å². The molecular weight excluding hydrogens is 254 g/mol. The summed E-state index contributed by atoms with van der Waals surface area (Å²) in [6, 6.07) is 9.30. The Labute approximate surface area is 80.0 Å². The van der Waals surface area contributed by atoms with E-state index in [2.05, 4.69) is 22.6 Å². The largest absolute Gasteiger partial charge is 0.242 e. The van der Waals surface area contributed by atoms with Gasteiger partial charge in [0.05, 0.1) is 0 Å². The minimum Gasteiger partial charge on any atom is -0.242 e. The highest BCUT2D eigenvalue weighted by Crippen LogP contribution is 2.21. The molecule has 1 aromatic carbocycles. The Morgan fingerprint density at radius 3 is 2.45 bits per heavy atom. The molecule has 0 aromatic heterocycles. The van der Waals surface area contributed by atoms with Crippen LogP contribution in [0.2, 0.25) is 0 Å². The molecule has 0 heterocycles. The smallest absolute Gasteiger partial charge is 0.126 e. The van der Waals surface area contributed by atoms with Crippen LogP contribution < -0.4 is 0 Å². The van der Waals surface area contributed by atoms with Crippen LogP contribution in [0.1, 0.15) is 18.2 Å². The van der Waals surface area contributed by atoms with E-state index in [1.54, 1.807) is 0 Å². The predicted octanol–water partition coefficient (Wildman–Crippen LogP) is 3.52. The van der Waals surface area contributed by atoms with Crippen LogP contribution in [0, 0.1) is 0 Å². The summed E-state index contributed by atoms with van der Waals surface area (Å²) in [6.45, 7) is 0. The molecule has 1 unspecified atom stereocenters. The van der Waals surface area contributed by atoms with Gasteiger partial charge in [0, 0.05) is 4.43 Å². The van der Waals surface area contributed by atoms with E-state index in [1.807, 2.05) is 30.3 Å². The summed E-state index contributed by atoms with van der Waals surface area (Å²) >= 11 is 2.19. The van der Waals surface area contributed by atoms with Crippen molar-refractivity contribution in [3.8, 4) is 0 Å². The number of benzene rings is 1. The second kappa shape index (κ2) is 4.70. The zero-order chi connectivity index (χ0) is 8.10. The molecule has 0 aliphatic carbocycles. The van der Waals surface area contributed by atoms with E-state index < -0.39 is 6.17 Å². The van der Waals surface area contributed by atoms with Crippen LogP contribution in [0.3, 0.4) is 0 Å². The molecule has 0 bridgehead atoms. The summed E-state index contributed by atoms with van der Waals surface area (Å²) in [5, 5.41) is 0. The van der Waals surface area contributed by atoms with Gasteiger partial charge in [0.15, 0.2) is 0 Å². The first kappa shape index (κ1) is 8.97. The molecule has 0 spiro atoms. The van der Waals surface area contributed by atoms with Gasteiger partial charge in [0.25, 0.3) is 0 Å². The maximum Gasteiger partial charge on any atom is 0.126 e. The second-order valence-corrected chi connectivity index (χ2v) is 3.43. The monoisotopic (exact) mass is 264 g/mol. The summed E-state index contributed by atoms with van der Waals surface area (Å²) in [7, 11) is 0. The molecule has 0 aliphatic rings. The third-order valence-electron chi connectivity index (χ3n) is 1.52. The number of alkyl halides is 2. The van der Waals surface area contributed by atoms with Gasteiger partial charge in [-0.1, -0.05) is 52.9 Å². The van der Waals surface area contributed by atoms with Gasteiger partial charge in [-0.25, -0.2) is 4.39 Å². The molecule has 0 N–H and O–H groups in total. The van der Waals surface area contributed by atoms with Crippen molar-refractivity contribution in [2.24, 2.45) is 0 Å². The Morgan fingerprint density at radius 2 is 1.91 bits per heavy atom. The summed E-state index contributed by atoms with van der Waals surface area (Å²) in [6.07, 6.45) is -0.169. The van der Waals surface area contributed by atoms with Crippen molar-refractivity contribution < 1.29 is 4.39 Å². The number of halogens is 2.